The van der Waals surface area contributed by atoms with Crippen molar-refractivity contribution in [3.8, 4) is 0 Å². The maximum absolute atomic E-state index is 12.3. The van der Waals surface area contributed by atoms with E-state index in [2.05, 4.69) is 22.4 Å². The number of nitrogens with one attached hydrogen (secondary N) is 1. The molecule has 1 aromatic heterocycles. The van der Waals surface area contributed by atoms with E-state index in [1.165, 1.54) is 0 Å². The van der Waals surface area contributed by atoms with Gasteiger partial charge in [0.1, 0.15) is 6.33 Å². The van der Waals surface area contributed by atoms with Gasteiger partial charge in [0.25, 0.3) is 0 Å². The third-order valence-corrected chi connectivity index (χ3v) is 3.31. The summed E-state index contributed by atoms with van der Waals surface area (Å²) in [5.74, 6) is 1.03. The predicted molar refractivity (Wildman–Crippen MR) is 67.7 cm³/mol. The van der Waals surface area contributed by atoms with Gasteiger partial charge in [-0.3, -0.25) is 4.79 Å². The van der Waals surface area contributed by atoms with Gasteiger partial charge in [0.15, 0.2) is 5.82 Å². The minimum Gasteiger partial charge on any atom is -0.334 e. The van der Waals surface area contributed by atoms with Crippen LogP contribution in [0.25, 0.3) is 0 Å². The molecule has 1 unspecified atom stereocenters. The molecule has 0 bridgehead atoms. The van der Waals surface area contributed by atoms with Gasteiger partial charge in [0.2, 0.25) is 5.91 Å². The number of nitrogens with zero attached hydrogens (tertiary/aromatic N) is 4. The summed E-state index contributed by atoms with van der Waals surface area (Å²) >= 11 is 0. The Morgan fingerprint density at radius 2 is 2.39 bits per heavy atom. The van der Waals surface area contributed by atoms with E-state index >= 15 is 0 Å². The van der Waals surface area contributed by atoms with Crippen molar-refractivity contribution in [1.29, 1.82) is 0 Å². The standard InChI is InChI=1S/C12H21N5O/c1-3-6-13-10-5-4-7-17(12(10)18)8-11-15-14-9-16(11)2/h9-10,13H,3-8H2,1-2H3. The number of carbonyl (C=O) groups excluding carboxylic acids is 1. The average Bonchev–Trinajstić information content (AvgIpc) is 2.76. The first-order valence-electron chi connectivity index (χ1n) is 6.57. The van der Waals surface area contributed by atoms with Crippen molar-refractivity contribution < 1.29 is 4.79 Å². The number of hydrogen-bond donors (Lipinski definition) is 1. The van der Waals surface area contributed by atoms with Crippen LogP contribution in [0.15, 0.2) is 6.33 Å². The van der Waals surface area contributed by atoms with Crippen LogP contribution in [0.5, 0.6) is 0 Å². The topological polar surface area (TPSA) is 63.0 Å². The second-order valence-electron chi connectivity index (χ2n) is 4.77. The van der Waals surface area contributed by atoms with Gasteiger partial charge in [-0.2, -0.15) is 0 Å². The molecule has 1 aliphatic rings. The van der Waals surface area contributed by atoms with Gasteiger partial charge in [-0.15, -0.1) is 10.2 Å². The molecule has 1 aliphatic heterocycles. The molecule has 1 fully saturated rings. The highest BCUT2D eigenvalue weighted by Crippen LogP contribution is 2.14. The first kappa shape index (κ1) is 13.0. The molecule has 18 heavy (non-hydrogen) atoms. The van der Waals surface area contributed by atoms with E-state index < -0.39 is 0 Å². The van der Waals surface area contributed by atoms with E-state index in [0.717, 1.165) is 38.2 Å². The zero-order chi connectivity index (χ0) is 13.0. The fourth-order valence-corrected chi connectivity index (χ4v) is 2.23. The Balaban J connectivity index is 1.96. The molecule has 1 N–H and O–H groups in total. The minimum absolute atomic E-state index is 0.0214. The van der Waals surface area contributed by atoms with E-state index in [0.29, 0.717) is 6.54 Å². The molecule has 6 nitrogen and oxygen atoms in total. The average molecular weight is 251 g/mol. The summed E-state index contributed by atoms with van der Waals surface area (Å²) in [7, 11) is 1.90. The summed E-state index contributed by atoms with van der Waals surface area (Å²) < 4.78 is 1.86. The monoisotopic (exact) mass is 251 g/mol. The quantitative estimate of drug-likeness (QED) is 0.818. The SMILES string of the molecule is CCCNC1CCCN(Cc2nncn2C)C1=O. The lowest BCUT2D eigenvalue weighted by atomic mass is 10.0. The molecule has 0 radical (unpaired) electrons. The van der Waals surface area contributed by atoms with E-state index in [-0.39, 0.29) is 11.9 Å². The smallest absolute Gasteiger partial charge is 0.240 e. The maximum Gasteiger partial charge on any atom is 0.240 e. The Kier molecular flexibility index (Phi) is 4.30. The summed E-state index contributed by atoms with van der Waals surface area (Å²) in [6, 6.07) is -0.0214. The molecule has 0 spiro atoms. The van der Waals surface area contributed by atoms with E-state index in [4.69, 9.17) is 0 Å². The number of rotatable bonds is 5. The van der Waals surface area contributed by atoms with Crippen LogP contribution in [-0.4, -0.2) is 44.7 Å². The lowest BCUT2D eigenvalue weighted by Gasteiger charge is -2.32. The summed E-state index contributed by atoms with van der Waals surface area (Å²) in [6.07, 6.45) is 4.70. The Morgan fingerprint density at radius 1 is 1.56 bits per heavy atom. The molecule has 100 valence electrons. The highest BCUT2D eigenvalue weighted by Gasteiger charge is 2.28. The molecular formula is C12H21N5O. The number of carbonyl (C=O) groups is 1. The second-order valence-corrected chi connectivity index (χ2v) is 4.77. The van der Waals surface area contributed by atoms with Crippen LogP contribution < -0.4 is 5.32 Å². The second kappa shape index (κ2) is 5.95. The van der Waals surface area contributed by atoms with Crippen molar-refractivity contribution in [3.63, 3.8) is 0 Å². The molecule has 1 amide bonds. The molecule has 1 saturated heterocycles. The Hall–Kier alpha value is -1.43. The van der Waals surface area contributed by atoms with Gasteiger partial charge >= 0.3 is 0 Å². The number of hydrogen-bond acceptors (Lipinski definition) is 4. The largest absolute Gasteiger partial charge is 0.334 e. The molecule has 2 heterocycles. The van der Waals surface area contributed by atoms with E-state index in [1.54, 1.807) is 6.33 Å². The molecule has 2 rings (SSSR count). The summed E-state index contributed by atoms with van der Waals surface area (Å²) in [5.41, 5.74) is 0. The van der Waals surface area contributed by atoms with E-state index in [9.17, 15) is 4.79 Å². The third kappa shape index (κ3) is 2.87. The van der Waals surface area contributed by atoms with E-state index in [1.807, 2.05) is 16.5 Å². The van der Waals surface area contributed by atoms with Crippen LogP contribution in [-0.2, 0) is 18.4 Å². The molecule has 1 atom stereocenters. The number of aryl methyl sites for hydroxylation is 1. The van der Waals surface area contributed by atoms with Gasteiger partial charge in [-0.1, -0.05) is 6.92 Å². The molecule has 1 aromatic rings. The van der Waals surface area contributed by atoms with Gasteiger partial charge in [0.05, 0.1) is 12.6 Å². The van der Waals surface area contributed by atoms with Crippen molar-refractivity contribution in [1.82, 2.24) is 25.0 Å². The van der Waals surface area contributed by atoms with Crippen LogP contribution in [0.4, 0.5) is 0 Å². The van der Waals surface area contributed by atoms with Crippen LogP contribution in [0.1, 0.15) is 32.0 Å². The fraction of sp³-hybridized carbons (Fsp3) is 0.750. The molecule has 0 saturated carbocycles. The Morgan fingerprint density at radius 3 is 3.06 bits per heavy atom. The lowest BCUT2D eigenvalue weighted by molar-refractivity contribution is -0.136. The molecule has 6 heteroatoms. The Bertz CT molecular complexity index is 403. The first-order chi connectivity index (χ1) is 8.72. The summed E-state index contributed by atoms with van der Waals surface area (Å²) in [5, 5.41) is 11.2. The first-order valence-corrected chi connectivity index (χ1v) is 6.57. The number of amides is 1. The van der Waals surface area contributed by atoms with Crippen molar-refractivity contribution >= 4 is 5.91 Å². The van der Waals surface area contributed by atoms with Crippen LogP contribution in [0.2, 0.25) is 0 Å². The van der Waals surface area contributed by atoms with Crippen molar-refractivity contribution in [2.75, 3.05) is 13.1 Å². The van der Waals surface area contributed by atoms with Crippen LogP contribution in [0, 0.1) is 0 Å². The zero-order valence-electron chi connectivity index (χ0n) is 11.1. The predicted octanol–water partition coefficient (Wildman–Crippen LogP) is 0.306. The highest BCUT2D eigenvalue weighted by atomic mass is 16.2. The van der Waals surface area contributed by atoms with Gasteiger partial charge in [-0.25, -0.2) is 0 Å². The van der Waals surface area contributed by atoms with Crippen molar-refractivity contribution in [3.05, 3.63) is 12.2 Å². The Labute approximate surface area is 107 Å². The highest BCUT2D eigenvalue weighted by molar-refractivity contribution is 5.82. The zero-order valence-corrected chi connectivity index (χ0v) is 11.1. The molecule has 0 aromatic carbocycles. The normalized spacial score (nSPS) is 20.4. The summed E-state index contributed by atoms with van der Waals surface area (Å²) in [6.45, 7) is 4.38. The van der Waals surface area contributed by atoms with Gasteiger partial charge in [-0.05, 0) is 25.8 Å². The van der Waals surface area contributed by atoms with Crippen LogP contribution >= 0.6 is 0 Å². The van der Waals surface area contributed by atoms with Crippen molar-refractivity contribution in [2.45, 2.75) is 38.8 Å². The number of likely N-dealkylation sites (tertiary alicyclic amines) is 1. The maximum atomic E-state index is 12.3. The minimum atomic E-state index is -0.0214. The van der Waals surface area contributed by atoms with Gasteiger partial charge < -0.3 is 14.8 Å². The number of aromatic nitrogens is 3. The van der Waals surface area contributed by atoms with Gasteiger partial charge in [0, 0.05) is 13.6 Å². The fourth-order valence-electron chi connectivity index (χ4n) is 2.23. The molecular weight excluding hydrogens is 230 g/mol. The third-order valence-electron chi connectivity index (χ3n) is 3.31. The summed E-state index contributed by atoms with van der Waals surface area (Å²) in [4.78, 5) is 14.2. The van der Waals surface area contributed by atoms with Crippen molar-refractivity contribution in [2.24, 2.45) is 7.05 Å². The number of piperidine rings is 1. The molecule has 0 aliphatic carbocycles. The lowest BCUT2D eigenvalue weighted by Crippen LogP contribution is -2.50. The van der Waals surface area contributed by atoms with Crippen LogP contribution in [0.3, 0.4) is 0 Å².